The van der Waals surface area contributed by atoms with Gasteiger partial charge in [0, 0.05) is 6.54 Å². The Bertz CT molecular complexity index is 608. The Labute approximate surface area is 128 Å². The minimum atomic E-state index is 0.724. The van der Waals surface area contributed by atoms with Crippen LogP contribution >= 0.6 is 27.5 Å². The van der Waals surface area contributed by atoms with Gasteiger partial charge in [0.25, 0.3) is 0 Å². The average Bonchev–Trinajstić information content (AvgIpc) is 2.37. The van der Waals surface area contributed by atoms with Gasteiger partial charge in [0.1, 0.15) is 0 Å². The highest BCUT2D eigenvalue weighted by atomic mass is 79.9. The van der Waals surface area contributed by atoms with Gasteiger partial charge in [0.2, 0.25) is 0 Å². The van der Waals surface area contributed by atoms with E-state index in [2.05, 4.69) is 54.2 Å². The maximum atomic E-state index is 6.09. The second-order valence-electron chi connectivity index (χ2n) is 4.82. The van der Waals surface area contributed by atoms with E-state index in [1.807, 2.05) is 18.2 Å². The molecule has 0 spiro atoms. The Morgan fingerprint density at radius 3 is 2.47 bits per heavy atom. The zero-order valence-corrected chi connectivity index (χ0v) is 13.7. The Morgan fingerprint density at radius 1 is 1.05 bits per heavy atom. The topological polar surface area (TPSA) is 12.0 Å². The van der Waals surface area contributed by atoms with Crippen molar-refractivity contribution >= 4 is 33.2 Å². The SMILES string of the molecule is Cc1cc(C)c(CNc2cccc(Cl)c2Br)cc1C. The zero-order valence-electron chi connectivity index (χ0n) is 11.3. The number of nitrogens with one attached hydrogen (secondary N) is 1. The molecule has 2 rings (SSSR count). The molecule has 0 saturated heterocycles. The van der Waals surface area contributed by atoms with Crippen LogP contribution in [-0.4, -0.2) is 0 Å². The Kier molecular flexibility index (Phi) is 4.54. The van der Waals surface area contributed by atoms with Crippen molar-refractivity contribution < 1.29 is 0 Å². The molecule has 0 aliphatic carbocycles. The van der Waals surface area contributed by atoms with Crippen LogP contribution < -0.4 is 5.32 Å². The van der Waals surface area contributed by atoms with Crippen LogP contribution in [0.15, 0.2) is 34.8 Å². The summed E-state index contributed by atoms with van der Waals surface area (Å²) >= 11 is 9.59. The van der Waals surface area contributed by atoms with Crippen LogP contribution in [0.1, 0.15) is 22.3 Å². The van der Waals surface area contributed by atoms with Gasteiger partial charge in [-0.15, -0.1) is 0 Å². The minimum Gasteiger partial charge on any atom is -0.380 e. The van der Waals surface area contributed by atoms with E-state index in [0.29, 0.717) is 0 Å². The first kappa shape index (κ1) is 14.4. The van der Waals surface area contributed by atoms with Gasteiger partial charge >= 0.3 is 0 Å². The monoisotopic (exact) mass is 337 g/mol. The molecule has 19 heavy (non-hydrogen) atoms. The molecule has 0 amide bonds. The molecule has 3 heteroatoms. The quantitative estimate of drug-likeness (QED) is 0.763. The van der Waals surface area contributed by atoms with Gasteiger partial charge in [-0.25, -0.2) is 0 Å². The van der Waals surface area contributed by atoms with Gasteiger partial charge in [0.05, 0.1) is 15.2 Å². The van der Waals surface area contributed by atoms with E-state index in [9.17, 15) is 0 Å². The van der Waals surface area contributed by atoms with Crippen molar-refractivity contribution in [1.29, 1.82) is 0 Å². The maximum absolute atomic E-state index is 6.09. The predicted octanol–water partition coefficient (Wildman–Crippen LogP) is 5.64. The van der Waals surface area contributed by atoms with Gasteiger partial charge in [-0.3, -0.25) is 0 Å². The van der Waals surface area contributed by atoms with E-state index in [-0.39, 0.29) is 0 Å². The van der Waals surface area contributed by atoms with Crippen LogP contribution in [0.2, 0.25) is 5.02 Å². The predicted molar refractivity (Wildman–Crippen MR) is 87.1 cm³/mol. The van der Waals surface area contributed by atoms with Crippen LogP contribution in [0.25, 0.3) is 0 Å². The van der Waals surface area contributed by atoms with E-state index in [4.69, 9.17) is 11.6 Å². The van der Waals surface area contributed by atoms with E-state index in [1.54, 1.807) is 0 Å². The van der Waals surface area contributed by atoms with E-state index in [1.165, 1.54) is 22.3 Å². The van der Waals surface area contributed by atoms with Crippen LogP contribution in [0.5, 0.6) is 0 Å². The van der Waals surface area contributed by atoms with Crippen molar-refractivity contribution in [1.82, 2.24) is 0 Å². The molecule has 0 bridgehead atoms. The number of anilines is 1. The van der Waals surface area contributed by atoms with Gasteiger partial charge in [-0.05, 0) is 71.1 Å². The summed E-state index contributed by atoms with van der Waals surface area (Å²) in [4.78, 5) is 0. The molecule has 0 radical (unpaired) electrons. The average molecular weight is 339 g/mol. The summed E-state index contributed by atoms with van der Waals surface area (Å²) < 4.78 is 0.915. The van der Waals surface area contributed by atoms with E-state index in [0.717, 1.165) is 21.7 Å². The number of hydrogen-bond donors (Lipinski definition) is 1. The number of halogens is 2. The largest absolute Gasteiger partial charge is 0.380 e. The number of aryl methyl sites for hydroxylation is 3. The molecular weight excluding hydrogens is 322 g/mol. The molecule has 0 unspecified atom stereocenters. The summed E-state index contributed by atoms with van der Waals surface area (Å²) in [6.45, 7) is 7.24. The second-order valence-corrected chi connectivity index (χ2v) is 6.02. The lowest BCUT2D eigenvalue weighted by atomic mass is 10.0. The summed E-state index contributed by atoms with van der Waals surface area (Å²) in [6.07, 6.45) is 0. The Hall–Kier alpha value is -0.990. The van der Waals surface area contributed by atoms with E-state index >= 15 is 0 Å². The molecule has 1 N–H and O–H groups in total. The standard InChI is InChI=1S/C16H17BrClN/c1-10-7-12(3)13(8-11(10)2)9-19-15-6-4-5-14(18)16(15)17/h4-8,19H,9H2,1-3H3. The molecule has 0 aliphatic heterocycles. The van der Waals surface area contributed by atoms with Crippen molar-refractivity contribution in [3.63, 3.8) is 0 Å². The van der Waals surface area contributed by atoms with Gasteiger partial charge in [0.15, 0.2) is 0 Å². The third-order valence-electron chi connectivity index (χ3n) is 3.37. The smallest absolute Gasteiger partial charge is 0.0593 e. The maximum Gasteiger partial charge on any atom is 0.0593 e. The van der Waals surface area contributed by atoms with Crippen molar-refractivity contribution in [2.24, 2.45) is 0 Å². The highest BCUT2D eigenvalue weighted by Gasteiger charge is 2.05. The third kappa shape index (κ3) is 3.31. The normalized spacial score (nSPS) is 10.6. The fourth-order valence-electron chi connectivity index (χ4n) is 2.04. The minimum absolute atomic E-state index is 0.724. The number of rotatable bonds is 3. The highest BCUT2D eigenvalue weighted by Crippen LogP contribution is 2.30. The molecule has 0 fully saturated rings. The lowest BCUT2D eigenvalue weighted by molar-refractivity contribution is 1.10. The lowest BCUT2D eigenvalue weighted by Gasteiger charge is -2.13. The fourth-order valence-corrected chi connectivity index (χ4v) is 2.62. The summed E-state index contributed by atoms with van der Waals surface area (Å²) in [5, 5.41) is 4.15. The van der Waals surface area contributed by atoms with Crippen LogP contribution in [0.4, 0.5) is 5.69 Å². The van der Waals surface area contributed by atoms with Crippen molar-refractivity contribution in [3.8, 4) is 0 Å². The molecule has 0 aromatic heterocycles. The Balaban J connectivity index is 2.19. The molecule has 0 saturated carbocycles. The molecule has 2 aromatic rings. The summed E-state index contributed by atoms with van der Waals surface area (Å²) in [5.41, 5.74) is 6.31. The van der Waals surface area contributed by atoms with Gasteiger partial charge in [-0.1, -0.05) is 29.8 Å². The molecule has 1 nitrogen and oxygen atoms in total. The van der Waals surface area contributed by atoms with Crippen LogP contribution in [0.3, 0.4) is 0 Å². The molecule has 0 aliphatic rings. The van der Waals surface area contributed by atoms with Crippen molar-refractivity contribution in [2.45, 2.75) is 27.3 Å². The van der Waals surface area contributed by atoms with Crippen LogP contribution in [0, 0.1) is 20.8 Å². The highest BCUT2D eigenvalue weighted by molar-refractivity contribution is 9.10. The number of benzene rings is 2. The van der Waals surface area contributed by atoms with Crippen molar-refractivity contribution in [3.05, 3.63) is 62.1 Å². The first-order chi connectivity index (χ1) is 8.99. The summed E-state index contributed by atoms with van der Waals surface area (Å²) in [6, 6.07) is 10.3. The lowest BCUT2D eigenvalue weighted by Crippen LogP contribution is -2.03. The molecule has 100 valence electrons. The Morgan fingerprint density at radius 2 is 1.74 bits per heavy atom. The summed E-state index contributed by atoms with van der Waals surface area (Å²) in [5.74, 6) is 0. The zero-order chi connectivity index (χ0) is 14.0. The first-order valence-corrected chi connectivity index (χ1v) is 7.40. The second kappa shape index (κ2) is 5.98. The van der Waals surface area contributed by atoms with Crippen molar-refractivity contribution in [2.75, 3.05) is 5.32 Å². The fraction of sp³-hybridized carbons (Fsp3) is 0.250. The molecule has 0 heterocycles. The molecule has 0 atom stereocenters. The number of hydrogen-bond acceptors (Lipinski definition) is 1. The van der Waals surface area contributed by atoms with E-state index < -0.39 is 0 Å². The third-order valence-corrected chi connectivity index (χ3v) is 4.77. The van der Waals surface area contributed by atoms with Crippen LogP contribution in [-0.2, 0) is 6.54 Å². The van der Waals surface area contributed by atoms with Gasteiger partial charge in [-0.2, -0.15) is 0 Å². The summed E-state index contributed by atoms with van der Waals surface area (Å²) in [7, 11) is 0. The van der Waals surface area contributed by atoms with Gasteiger partial charge < -0.3 is 5.32 Å². The first-order valence-electron chi connectivity index (χ1n) is 6.23. The molecular formula is C16H17BrClN. The molecule has 2 aromatic carbocycles.